The van der Waals surface area contributed by atoms with Crippen LogP contribution in [0.1, 0.15) is 39.5 Å². The molecule has 1 fully saturated rings. The van der Waals surface area contributed by atoms with E-state index in [4.69, 9.17) is 9.47 Å². The minimum Gasteiger partial charge on any atom is -0.424 e. The third-order valence-corrected chi connectivity index (χ3v) is 10.3. The lowest BCUT2D eigenvalue weighted by Gasteiger charge is -2.41. The molecule has 0 aliphatic carbocycles. The molecule has 1 heterocycles. The highest BCUT2D eigenvalue weighted by Crippen LogP contribution is 2.41. The van der Waals surface area contributed by atoms with Crippen LogP contribution in [0.2, 0.25) is 5.04 Å². The third-order valence-electron chi connectivity index (χ3n) is 5.79. The zero-order valence-corrected chi connectivity index (χ0v) is 17.0. The fourth-order valence-electron chi connectivity index (χ4n) is 4.07. The van der Waals surface area contributed by atoms with Crippen molar-refractivity contribution in [3.05, 3.63) is 60.7 Å². The summed E-state index contributed by atoms with van der Waals surface area (Å²) in [6.45, 7) is 4.42. The van der Waals surface area contributed by atoms with Gasteiger partial charge in [-0.2, -0.15) is 0 Å². The Labute approximate surface area is 158 Å². The minimum atomic E-state index is -2.91. The lowest BCUT2D eigenvalue weighted by molar-refractivity contribution is -0.116. The Kier molecular flexibility index (Phi) is 5.98. The number of hydrogen-bond donors (Lipinski definition) is 1. The van der Waals surface area contributed by atoms with E-state index in [1.165, 1.54) is 0 Å². The number of rotatable bonds is 7. The maximum atomic E-state index is 12.1. The Morgan fingerprint density at radius 3 is 2.00 bits per heavy atom. The van der Waals surface area contributed by atoms with Crippen LogP contribution in [0.15, 0.2) is 60.7 Å². The number of hydrogen-bond acceptors (Lipinski definition) is 3. The molecule has 1 unspecified atom stereocenters. The average Bonchev–Trinajstić information content (AvgIpc) is 3.15. The molecule has 1 aliphatic rings. The van der Waals surface area contributed by atoms with Gasteiger partial charge in [0.15, 0.2) is 6.29 Å². The van der Waals surface area contributed by atoms with Gasteiger partial charge in [0.25, 0.3) is 8.32 Å². The number of ether oxygens (including phenoxy) is 2. The van der Waals surface area contributed by atoms with Crippen LogP contribution in [0.4, 0.5) is 0 Å². The molecule has 2 aromatic rings. The first-order valence-corrected chi connectivity index (χ1v) is 11.4. The molecule has 3 rings (SSSR count). The third kappa shape index (κ3) is 3.79. The summed E-state index contributed by atoms with van der Waals surface area (Å²) in [7, 11) is -1.21. The van der Waals surface area contributed by atoms with E-state index in [-0.39, 0.29) is 17.4 Å². The standard InChI is InChI=1S/C22H30O3Si/c1-22(2,17-16-18-14-15-21(24-3)25-18)26(23,19-10-6-4-7-11-19)20-12-8-5-9-13-20/h4-13,18,21,23H,14-17H2,1-3H3/t18-,21?/m1/s1. The minimum absolute atomic E-state index is 0.0671. The van der Waals surface area contributed by atoms with Gasteiger partial charge in [-0.05, 0) is 34.7 Å². The Hall–Kier alpha value is -1.46. The van der Waals surface area contributed by atoms with Gasteiger partial charge in [-0.3, -0.25) is 0 Å². The zero-order valence-electron chi connectivity index (χ0n) is 16.0. The molecule has 0 aromatic heterocycles. The predicted octanol–water partition coefficient (Wildman–Crippen LogP) is 3.45. The molecular weight excluding hydrogens is 340 g/mol. The molecule has 0 radical (unpaired) electrons. The normalized spacial score (nSPS) is 21.1. The van der Waals surface area contributed by atoms with Crippen molar-refractivity contribution >= 4 is 18.7 Å². The Balaban J connectivity index is 1.86. The Morgan fingerprint density at radius 2 is 1.54 bits per heavy atom. The smallest absolute Gasteiger partial charge is 0.258 e. The molecule has 140 valence electrons. The molecule has 0 spiro atoms. The molecule has 26 heavy (non-hydrogen) atoms. The van der Waals surface area contributed by atoms with E-state index in [0.717, 1.165) is 36.1 Å². The first-order valence-electron chi connectivity index (χ1n) is 9.49. The topological polar surface area (TPSA) is 38.7 Å². The summed E-state index contributed by atoms with van der Waals surface area (Å²) >= 11 is 0. The molecule has 0 bridgehead atoms. The van der Waals surface area contributed by atoms with Crippen molar-refractivity contribution in [2.45, 2.75) is 57.0 Å². The molecule has 0 amide bonds. The lowest BCUT2D eigenvalue weighted by atomic mass is 10.0. The molecule has 2 atom stereocenters. The van der Waals surface area contributed by atoms with Crippen molar-refractivity contribution in [3.8, 4) is 0 Å². The molecule has 1 aliphatic heterocycles. The second-order valence-corrected chi connectivity index (χ2v) is 11.8. The quantitative estimate of drug-likeness (QED) is 0.759. The van der Waals surface area contributed by atoms with E-state index in [0.29, 0.717) is 0 Å². The van der Waals surface area contributed by atoms with E-state index in [1.807, 2.05) is 36.4 Å². The van der Waals surface area contributed by atoms with Crippen LogP contribution >= 0.6 is 0 Å². The van der Waals surface area contributed by atoms with E-state index in [9.17, 15) is 4.80 Å². The number of benzene rings is 2. The highest BCUT2D eigenvalue weighted by atomic mass is 28.4. The van der Waals surface area contributed by atoms with Crippen molar-refractivity contribution in [2.75, 3.05) is 7.11 Å². The SMILES string of the molecule is COC1CC[C@H](CCC(C)(C)[Si](O)(c2ccccc2)c2ccccc2)O1. The molecule has 1 N–H and O–H groups in total. The van der Waals surface area contributed by atoms with Crippen LogP contribution < -0.4 is 10.4 Å². The summed E-state index contributed by atoms with van der Waals surface area (Å²) in [6, 6.07) is 20.4. The van der Waals surface area contributed by atoms with Crippen molar-refractivity contribution in [3.63, 3.8) is 0 Å². The number of methoxy groups -OCH3 is 1. The molecular formula is C22H30O3Si. The van der Waals surface area contributed by atoms with Crippen molar-refractivity contribution < 1.29 is 14.3 Å². The Morgan fingerprint density at radius 1 is 1.00 bits per heavy atom. The van der Waals surface area contributed by atoms with Gasteiger partial charge >= 0.3 is 0 Å². The van der Waals surface area contributed by atoms with E-state index < -0.39 is 8.32 Å². The summed E-state index contributed by atoms with van der Waals surface area (Å²) in [5, 5.41) is 1.92. The van der Waals surface area contributed by atoms with Gasteiger partial charge in [-0.15, -0.1) is 0 Å². The van der Waals surface area contributed by atoms with Crippen LogP contribution in [-0.4, -0.2) is 32.6 Å². The predicted molar refractivity (Wildman–Crippen MR) is 108 cm³/mol. The van der Waals surface area contributed by atoms with Crippen LogP contribution in [0, 0.1) is 0 Å². The van der Waals surface area contributed by atoms with Crippen molar-refractivity contribution in [1.82, 2.24) is 0 Å². The molecule has 3 nitrogen and oxygen atoms in total. The van der Waals surface area contributed by atoms with Gasteiger partial charge in [0.05, 0.1) is 6.10 Å². The van der Waals surface area contributed by atoms with Crippen LogP contribution in [0.5, 0.6) is 0 Å². The second kappa shape index (κ2) is 8.05. The fraction of sp³-hybridized carbons (Fsp3) is 0.455. The Bertz CT molecular complexity index is 648. The lowest BCUT2D eigenvalue weighted by Crippen LogP contribution is -2.65. The summed E-state index contributed by atoms with van der Waals surface area (Å²) in [5.41, 5.74) is 0. The monoisotopic (exact) mass is 370 g/mol. The molecule has 4 heteroatoms. The van der Waals surface area contributed by atoms with Gasteiger partial charge in [0.1, 0.15) is 0 Å². The van der Waals surface area contributed by atoms with Crippen molar-refractivity contribution in [1.29, 1.82) is 0 Å². The van der Waals surface area contributed by atoms with Gasteiger partial charge in [-0.25, -0.2) is 0 Å². The summed E-state index contributed by atoms with van der Waals surface area (Å²) in [4.78, 5) is 12.1. The van der Waals surface area contributed by atoms with Crippen LogP contribution in [0.25, 0.3) is 0 Å². The molecule has 2 aromatic carbocycles. The largest absolute Gasteiger partial charge is 0.424 e. The fourth-order valence-corrected chi connectivity index (χ4v) is 7.82. The maximum absolute atomic E-state index is 12.1. The highest BCUT2D eigenvalue weighted by Gasteiger charge is 2.49. The average molecular weight is 371 g/mol. The maximum Gasteiger partial charge on any atom is 0.258 e. The first-order chi connectivity index (χ1) is 12.5. The van der Waals surface area contributed by atoms with E-state index in [1.54, 1.807) is 7.11 Å². The van der Waals surface area contributed by atoms with Gasteiger partial charge in [-0.1, -0.05) is 74.5 Å². The molecule has 1 saturated heterocycles. The molecule has 0 saturated carbocycles. The van der Waals surface area contributed by atoms with Gasteiger partial charge < -0.3 is 14.3 Å². The van der Waals surface area contributed by atoms with Gasteiger partial charge in [0, 0.05) is 13.5 Å². The summed E-state index contributed by atoms with van der Waals surface area (Å²) in [5.74, 6) is 0. The van der Waals surface area contributed by atoms with Gasteiger partial charge in [0.2, 0.25) is 0 Å². The van der Waals surface area contributed by atoms with E-state index in [2.05, 4.69) is 38.1 Å². The second-order valence-electron chi connectivity index (χ2n) is 7.87. The van der Waals surface area contributed by atoms with Crippen LogP contribution in [0.3, 0.4) is 0 Å². The van der Waals surface area contributed by atoms with Crippen molar-refractivity contribution in [2.24, 2.45) is 0 Å². The highest BCUT2D eigenvalue weighted by molar-refractivity contribution is 6.98. The first kappa shape index (κ1) is 19.3. The summed E-state index contributed by atoms with van der Waals surface area (Å²) < 4.78 is 11.3. The van der Waals surface area contributed by atoms with Crippen LogP contribution in [-0.2, 0) is 9.47 Å². The zero-order chi connectivity index (χ0) is 18.6. The van der Waals surface area contributed by atoms with E-state index >= 15 is 0 Å². The summed E-state index contributed by atoms with van der Waals surface area (Å²) in [6.07, 6.45) is 4.01.